The highest BCUT2D eigenvalue weighted by atomic mass is 16.5. The lowest BCUT2D eigenvalue weighted by atomic mass is 10.3. The number of hydrogen-bond donors (Lipinski definition) is 1. The number of ether oxygens (including phenoxy) is 1. The van der Waals surface area contributed by atoms with E-state index in [1.165, 1.54) is 0 Å². The van der Waals surface area contributed by atoms with Crippen molar-refractivity contribution in [1.29, 1.82) is 0 Å². The number of likely N-dealkylation sites (N-methyl/N-ethyl adjacent to an activating group) is 1. The third-order valence-corrected chi connectivity index (χ3v) is 3.12. The molecule has 0 fully saturated rings. The van der Waals surface area contributed by atoms with Gasteiger partial charge in [-0.05, 0) is 25.6 Å². The van der Waals surface area contributed by atoms with Crippen LogP contribution < -0.4 is 10.1 Å². The van der Waals surface area contributed by atoms with Crippen LogP contribution in [0.1, 0.15) is 18.6 Å². The first-order valence-electron chi connectivity index (χ1n) is 7.06. The number of benzene rings is 1. The quantitative estimate of drug-likeness (QED) is 0.841. The zero-order chi connectivity index (χ0) is 15.9. The Morgan fingerprint density at radius 1 is 1.41 bits per heavy atom. The van der Waals surface area contributed by atoms with Gasteiger partial charge in [-0.3, -0.25) is 9.69 Å². The second-order valence-corrected chi connectivity index (χ2v) is 4.79. The van der Waals surface area contributed by atoms with Gasteiger partial charge in [-0.2, -0.15) is 4.98 Å². The van der Waals surface area contributed by atoms with Gasteiger partial charge in [0.1, 0.15) is 5.75 Å². The van der Waals surface area contributed by atoms with Gasteiger partial charge >= 0.3 is 0 Å². The molecule has 0 aliphatic heterocycles. The molecule has 0 atom stereocenters. The number of anilines is 1. The molecule has 1 N–H and O–H groups in total. The number of hydrogen-bond acceptors (Lipinski definition) is 6. The SMILES string of the molecule is CCN(CC(=O)Nc1ccccc1OC)Cc1nc(C)no1. The Labute approximate surface area is 129 Å². The zero-order valence-electron chi connectivity index (χ0n) is 13.0. The maximum Gasteiger partial charge on any atom is 0.240 e. The van der Waals surface area contributed by atoms with Crippen LogP contribution in [0.5, 0.6) is 5.75 Å². The normalized spacial score (nSPS) is 10.7. The number of nitrogens with zero attached hydrogens (tertiary/aromatic N) is 3. The highest BCUT2D eigenvalue weighted by molar-refractivity contribution is 5.93. The molecule has 0 spiro atoms. The van der Waals surface area contributed by atoms with E-state index in [1.54, 1.807) is 26.2 Å². The van der Waals surface area contributed by atoms with Crippen LogP contribution in [-0.4, -0.2) is 41.1 Å². The molecule has 7 heteroatoms. The average Bonchev–Trinajstić information content (AvgIpc) is 2.92. The summed E-state index contributed by atoms with van der Waals surface area (Å²) in [6.45, 7) is 5.10. The molecule has 0 saturated carbocycles. The van der Waals surface area contributed by atoms with Gasteiger partial charge in [0.05, 0.1) is 25.9 Å². The minimum atomic E-state index is -0.123. The molecule has 7 nitrogen and oxygen atoms in total. The van der Waals surface area contributed by atoms with Gasteiger partial charge in [-0.25, -0.2) is 0 Å². The zero-order valence-corrected chi connectivity index (χ0v) is 13.0. The van der Waals surface area contributed by atoms with Crippen molar-refractivity contribution in [2.75, 3.05) is 25.5 Å². The van der Waals surface area contributed by atoms with Gasteiger partial charge in [0.25, 0.3) is 0 Å². The Hall–Kier alpha value is -2.41. The molecule has 0 aliphatic rings. The van der Waals surface area contributed by atoms with Crippen LogP contribution in [0, 0.1) is 6.92 Å². The maximum atomic E-state index is 12.2. The van der Waals surface area contributed by atoms with Crippen LogP contribution in [0.15, 0.2) is 28.8 Å². The first kappa shape index (κ1) is 16.0. The van der Waals surface area contributed by atoms with Crippen molar-refractivity contribution >= 4 is 11.6 Å². The van der Waals surface area contributed by atoms with E-state index in [0.29, 0.717) is 36.2 Å². The van der Waals surface area contributed by atoms with Gasteiger partial charge in [0.15, 0.2) is 5.82 Å². The van der Waals surface area contributed by atoms with E-state index in [2.05, 4.69) is 15.5 Å². The molecular formula is C15H20N4O3. The van der Waals surface area contributed by atoms with Crippen molar-refractivity contribution < 1.29 is 14.1 Å². The smallest absolute Gasteiger partial charge is 0.240 e. The van der Waals surface area contributed by atoms with Crippen LogP contribution >= 0.6 is 0 Å². The minimum absolute atomic E-state index is 0.123. The lowest BCUT2D eigenvalue weighted by molar-refractivity contribution is -0.117. The molecule has 0 bridgehead atoms. The number of aromatic nitrogens is 2. The molecule has 2 aromatic rings. The predicted octanol–water partition coefficient (Wildman–Crippen LogP) is 1.85. The fourth-order valence-electron chi connectivity index (χ4n) is 2.02. The lowest BCUT2D eigenvalue weighted by Crippen LogP contribution is -2.33. The van der Waals surface area contributed by atoms with E-state index < -0.39 is 0 Å². The summed E-state index contributed by atoms with van der Waals surface area (Å²) >= 11 is 0. The highest BCUT2D eigenvalue weighted by Gasteiger charge is 2.14. The van der Waals surface area contributed by atoms with Crippen molar-refractivity contribution in [3.8, 4) is 5.75 Å². The van der Waals surface area contributed by atoms with E-state index in [0.717, 1.165) is 0 Å². The topological polar surface area (TPSA) is 80.5 Å². The first-order valence-corrected chi connectivity index (χ1v) is 7.06. The molecule has 1 aromatic heterocycles. The number of methoxy groups -OCH3 is 1. The fraction of sp³-hybridized carbons (Fsp3) is 0.400. The largest absolute Gasteiger partial charge is 0.495 e. The molecule has 1 aromatic carbocycles. The summed E-state index contributed by atoms with van der Waals surface area (Å²) in [5.41, 5.74) is 0.652. The second-order valence-electron chi connectivity index (χ2n) is 4.79. The summed E-state index contributed by atoms with van der Waals surface area (Å²) in [5.74, 6) is 1.60. The van der Waals surface area contributed by atoms with Crippen LogP contribution in [0.4, 0.5) is 5.69 Å². The summed E-state index contributed by atoms with van der Waals surface area (Å²) in [6, 6.07) is 7.30. The van der Waals surface area contributed by atoms with Crippen LogP contribution in [0.25, 0.3) is 0 Å². The summed E-state index contributed by atoms with van der Waals surface area (Å²) in [7, 11) is 1.57. The number of aryl methyl sites for hydroxylation is 1. The molecule has 1 heterocycles. The minimum Gasteiger partial charge on any atom is -0.495 e. The summed E-state index contributed by atoms with van der Waals surface area (Å²) in [4.78, 5) is 18.2. The van der Waals surface area contributed by atoms with Crippen LogP contribution in [-0.2, 0) is 11.3 Å². The molecule has 0 unspecified atom stereocenters. The maximum absolute atomic E-state index is 12.2. The van der Waals surface area contributed by atoms with Gasteiger partial charge in [0.2, 0.25) is 11.8 Å². The van der Waals surface area contributed by atoms with Crippen molar-refractivity contribution in [1.82, 2.24) is 15.0 Å². The molecule has 2 rings (SSSR count). The van der Waals surface area contributed by atoms with E-state index in [4.69, 9.17) is 9.26 Å². The molecule has 118 valence electrons. The van der Waals surface area contributed by atoms with Crippen LogP contribution in [0.3, 0.4) is 0 Å². The molecule has 0 aliphatic carbocycles. The van der Waals surface area contributed by atoms with Crippen molar-refractivity contribution in [2.45, 2.75) is 20.4 Å². The van der Waals surface area contributed by atoms with E-state index >= 15 is 0 Å². The molecule has 0 saturated heterocycles. The first-order chi connectivity index (χ1) is 10.6. The Balaban J connectivity index is 1.94. The van der Waals surface area contributed by atoms with Crippen molar-refractivity contribution in [2.24, 2.45) is 0 Å². The van der Waals surface area contributed by atoms with Gasteiger partial charge in [0, 0.05) is 0 Å². The number of carbonyl (C=O) groups excluding carboxylic acids is 1. The number of para-hydroxylation sites is 2. The van der Waals surface area contributed by atoms with E-state index in [9.17, 15) is 4.79 Å². The van der Waals surface area contributed by atoms with Gasteiger partial charge < -0.3 is 14.6 Å². The van der Waals surface area contributed by atoms with E-state index in [-0.39, 0.29) is 12.5 Å². The average molecular weight is 304 g/mol. The molecule has 22 heavy (non-hydrogen) atoms. The Kier molecular flexibility index (Phi) is 5.48. The van der Waals surface area contributed by atoms with Gasteiger partial charge in [-0.1, -0.05) is 24.2 Å². The number of carbonyl (C=O) groups is 1. The van der Waals surface area contributed by atoms with Crippen molar-refractivity contribution in [3.63, 3.8) is 0 Å². The number of nitrogens with one attached hydrogen (secondary N) is 1. The third-order valence-electron chi connectivity index (χ3n) is 3.12. The monoisotopic (exact) mass is 304 g/mol. The molecule has 1 amide bonds. The second kappa shape index (κ2) is 7.56. The van der Waals surface area contributed by atoms with Crippen molar-refractivity contribution in [3.05, 3.63) is 36.0 Å². The standard InChI is InChI=1S/C15H20N4O3/c1-4-19(10-15-16-11(2)18-22-15)9-14(20)17-12-7-5-6-8-13(12)21-3/h5-8H,4,9-10H2,1-3H3,(H,17,20). The lowest BCUT2D eigenvalue weighted by Gasteiger charge is -2.18. The Morgan fingerprint density at radius 3 is 2.82 bits per heavy atom. The molecule has 0 radical (unpaired) electrons. The summed E-state index contributed by atoms with van der Waals surface area (Å²) in [5, 5.41) is 6.59. The van der Waals surface area contributed by atoms with E-state index in [1.807, 2.05) is 24.0 Å². The number of rotatable bonds is 7. The van der Waals surface area contributed by atoms with Crippen LogP contribution in [0.2, 0.25) is 0 Å². The highest BCUT2D eigenvalue weighted by Crippen LogP contribution is 2.22. The molecular weight excluding hydrogens is 284 g/mol. The Morgan fingerprint density at radius 2 is 2.18 bits per heavy atom. The van der Waals surface area contributed by atoms with Gasteiger partial charge in [-0.15, -0.1) is 0 Å². The number of amides is 1. The summed E-state index contributed by atoms with van der Waals surface area (Å²) in [6.07, 6.45) is 0. The third kappa shape index (κ3) is 4.29. The Bertz CT molecular complexity index is 627. The summed E-state index contributed by atoms with van der Waals surface area (Å²) < 4.78 is 10.3. The predicted molar refractivity (Wildman–Crippen MR) is 81.6 cm³/mol. The fourth-order valence-corrected chi connectivity index (χ4v) is 2.02.